The van der Waals surface area contributed by atoms with Crippen molar-refractivity contribution in [3.63, 3.8) is 0 Å². The van der Waals surface area contributed by atoms with Crippen LogP contribution in [0.15, 0.2) is 34.9 Å². The van der Waals surface area contributed by atoms with Crippen molar-refractivity contribution in [3.8, 4) is 0 Å². The first-order valence-electron chi connectivity index (χ1n) is 9.00. The number of carbonyl (C=O) groups excluding carboxylic acids is 1. The minimum absolute atomic E-state index is 0.00535. The fourth-order valence-corrected chi connectivity index (χ4v) is 3.93. The third-order valence-corrected chi connectivity index (χ3v) is 5.55. The molecule has 1 amide bonds. The fourth-order valence-electron chi connectivity index (χ4n) is 3.93. The first kappa shape index (κ1) is 14.2. The number of likely N-dealkylation sites (tertiary alicyclic amines) is 1. The molecule has 5 nitrogen and oxygen atoms in total. The molecule has 2 saturated carbocycles. The van der Waals surface area contributed by atoms with E-state index in [0.29, 0.717) is 17.7 Å². The Morgan fingerprint density at radius 1 is 1.17 bits per heavy atom. The maximum atomic E-state index is 13.0. The van der Waals surface area contributed by atoms with Crippen LogP contribution in [0.4, 0.5) is 0 Å². The van der Waals surface area contributed by atoms with Crippen LogP contribution in [0.3, 0.4) is 0 Å². The Balaban J connectivity index is 1.31. The first-order chi connectivity index (χ1) is 11.8. The van der Waals surface area contributed by atoms with E-state index in [4.69, 9.17) is 4.52 Å². The van der Waals surface area contributed by atoms with Crippen LogP contribution in [0, 0.1) is 5.92 Å². The van der Waals surface area contributed by atoms with E-state index >= 15 is 0 Å². The maximum Gasteiger partial charge on any atom is 0.229 e. The molecule has 3 atom stereocenters. The lowest BCUT2D eigenvalue weighted by Gasteiger charge is -2.22. The molecule has 0 bridgehead atoms. The number of benzene rings is 1. The number of amides is 1. The average Bonchev–Trinajstić information content (AvgIpc) is 3.52. The molecule has 1 aliphatic heterocycles. The molecule has 1 aromatic carbocycles. The summed E-state index contributed by atoms with van der Waals surface area (Å²) in [5, 5.41) is 4.17. The van der Waals surface area contributed by atoms with E-state index in [9.17, 15) is 4.79 Å². The third kappa shape index (κ3) is 2.43. The van der Waals surface area contributed by atoms with Gasteiger partial charge in [-0.3, -0.25) is 4.79 Å². The van der Waals surface area contributed by atoms with Crippen LogP contribution < -0.4 is 0 Å². The highest BCUT2D eigenvalue weighted by Gasteiger charge is 2.48. The molecule has 3 fully saturated rings. The van der Waals surface area contributed by atoms with Crippen LogP contribution in [-0.4, -0.2) is 27.5 Å². The van der Waals surface area contributed by atoms with Gasteiger partial charge in [-0.2, -0.15) is 4.98 Å². The zero-order valence-electron chi connectivity index (χ0n) is 13.6. The average molecular weight is 323 g/mol. The van der Waals surface area contributed by atoms with Crippen molar-refractivity contribution in [2.24, 2.45) is 5.92 Å². The summed E-state index contributed by atoms with van der Waals surface area (Å²) in [5.74, 6) is 2.71. The van der Waals surface area contributed by atoms with Gasteiger partial charge in [0, 0.05) is 18.4 Å². The van der Waals surface area contributed by atoms with Crippen LogP contribution in [0.5, 0.6) is 0 Å². The van der Waals surface area contributed by atoms with Gasteiger partial charge >= 0.3 is 0 Å². The SMILES string of the molecule is O=C([C@@H]1C[C@H]1c1ccccc1)N1CCC[C@@H]1c1noc(C2CC2)n1. The molecule has 24 heavy (non-hydrogen) atoms. The lowest BCUT2D eigenvalue weighted by Crippen LogP contribution is -2.32. The highest BCUT2D eigenvalue weighted by Crippen LogP contribution is 2.50. The quantitative estimate of drug-likeness (QED) is 0.865. The summed E-state index contributed by atoms with van der Waals surface area (Å²) in [6.07, 6.45) is 5.22. The minimum Gasteiger partial charge on any atom is -0.339 e. The summed E-state index contributed by atoms with van der Waals surface area (Å²) < 4.78 is 5.40. The van der Waals surface area contributed by atoms with E-state index in [1.54, 1.807) is 0 Å². The maximum absolute atomic E-state index is 13.0. The van der Waals surface area contributed by atoms with Crippen LogP contribution in [0.2, 0.25) is 0 Å². The van der Waals surface area contributed by atoms with Gasteiger partial charge in [-0.05, 0) is 43.6 Å². The molecule has 1 saturated heterocycles. The molecule has 124 valence electrons. The smallest absolute Gasteiger partial charge is 0.229 e. The van der Waals surface area contributed by atoms with Gasteiger partial charge in [-0.1, -0.05) is 35.5 Å². The molecular weight excluding hydrogens is 302 g/mol. The summed E-state index contributed by atoms with van der Waals surface area (Å²) in [6, 6.07) is 10.4. The van der Waals surface area contributed by atoms with Crippen LogP contribution in [0.25, 0.3) is 0 Å². The topological polar surface area (TPSA) is 59.2 Å². The molecule has 0 radical (unpaired) electrons. The summed E-state index contributed by atoms with van der Waals surface area (Å²) in [5.41, 5.74) is 1.28. The number of aromatic nitrogens is 2. The monoisotopic (exact) mass is 323 g/mol. The zero-order valence-corrected chi connectivity index (χ0v) is 13.6. The minimum atomic E-state index is 0.00535. The van der Waals surface area contributed by atoms with E-state index in [1.165, 1.54) is 5.56 Å². The molecule has 5 heteroatoms. The number of nitrogens with zero attached hydrogens (tertiary/aromatic N) is 3. The Kier molecular flexibility index (Phi) is 3.21. The number of carbonyl (C=O) groups is 1. The highest BCUT2D eigenvalue weighted by atomic mass is 16.5. The molecule has 0 spiro atoms. The van der Waals surface area contributed by atoms with Gasteiger partial charge in [0.1, 0.15) is 0 Å². The summed E-state index contributed by atoms with van der Waals surface area (Å²) in [4.78, 5) is 19.5. The first-order valence-corrected chi connectivity index (χ1v) is 9.00. The fraction of sp³-hybridized carbons (Fsp3) is 0.526. The lowest BCUT2D eigenvalue weighted by molar-refractivity contribution is -0.133. The number of hydrogen-bond acceptors (Lipinski definition) is 4. The predicted molar refractivity (Wildman–Crippen MR) is 87.3 cm³/mol. The van der Waals surface area contributed by atoms with E-state index < -0.39 is 0 Å². The molecule has 1 aromatic heterocycles. The van der Waals surface area contributed by atoms with Crippen molar-refractivity contribution in [1.82, 2.24) is 15.0 Å². The standard InChI is InChI=1S/C19H21N3O2/c23-19(15-11-14(15)12-5-2-1-3-6-12)22-10-4-7-16(22)17-20-18(24-21-17)13-8-9-13/h1-3,5-6,13-16H,4,7-11H2/t14-,15+,16+/m0/s1. The third-order valence-electron chi connectivity index (χ3n) is 5.55. The summed E-state index contributed by atoms with van der Waals surface area (Å²) >= 11 is 0. The summed E-state index contributed by atoms with van der Waals surface area (Å²) in [7, 11) is 0. The molecule has 0 unspecified atom stereocenters. The second kappa shape index (κ2) is 5.43. The van der Waals surface area contributed by atoms with Crippen molar-refractivity contribution in [2.75, 3.05) is 6.54 Å². The van der Waals surface area contributed by atoms with Gasteiger partial charge < -0.3 is 9.42 Å². The Hall–Kier alpha value is -2.17. The number of rotatable bonds is 4. The second-order valence-electron chi connectivity index (χ2n) is 7.31. The molecule has 5 rings (SSSR count). The van der Waals surface area contributed by atoms with Crippen molar-refractivity contribution in [1.29, 1.82) is 0 Å². The predicted octanol–water partition coefficient (Wildman–Crippen LogP) is 3.41. The largest absolute Gasteiger partial charge is 0.339 e. The molecule has 2 heterocycles. The van der Waals surface area contributed by atoms with Gasteiger partial charge in [0.15, 0.2) is 5.82 Å². The summed E-state index contributed by atoms with van der Waals surface area (Å²) in [6.45, 7) is 0.814. The van der Waals surface area contributed by atoms with E-state index in [-0.39, 0.29) is 17.9 Å². The highest BCUT2D eigenvalue weighted by molar-refractivity contribution is 5.83. The normalized spacial score (nSPS) is 29.0. The molecule has 2 aliphatic carbocycles. The van der Waals surface area contributed by atoms with Gasteiger partial charge in [0.05, 0.1) is 6.04 Å². The molecule has 0 N–H and O–H groups in total. The van der Waals surface area contributed by atoms with Crippen LogP contribution in [-0.2, 0) is 4.79 Å². The van der Waals surface area contributed by atoms with Gasteiger partial charge in [0.2, 0.25) is 11.8 Å². The van der Waals surface area contributed by atoms with Crippen molar-refractivity contribution >= 4 is 5.91 Å². The van der Waals surface area contributed by atoms with Gasteiger partial charge in [-0.25, -0.2) is 0 Å². The Morgan fingerprint density at radius 2 is 2.00 bits per heavy atom. The van der Waals surface area contributed by atoms with E-state index in [0.717, 1.165) is 44.5 Å². The molecular formula is C19H21N3O2. The Morgan fingerprint density at radius 3 is 2.79 bits per heavy atom. The van der Waals surface area contributed by atoms with Crippen molar-refractivity contribution in [2.45, 2.75) is 50.0 Å². The number of hydrogen-bond donors (Lipinski definition) is 0. The van der Waals surface area contributed by atoms with Crippen molar-refractivity contribution < 1.29 is 9.32 Å². The molecule has 3 aliphatic rings. The lowest BCUT2D eigenvalue weighted by atomic mass is 10.1. The van der Waals surface area contributed by atoms with E-state index in [2.05, 4.69) is 22.3 Å². The van der Waals surface area contributed by atoms with Crippen molar-refractivity contribution in [3.05, 3.63) is 47.6 Å². The van der Waals surface area contributed by atoms with Crippen LogP contribution in [0.1, 0.15) is 67.3 Å². The Bertz CT molecular complexity index is 753. The zero-order chi connectivity index (χ0) is 16.1. The van der Waals surface area contributed by atoms with Crippen LogP contribution >= 0.6 is 0 Å². The Labute approximate surface area is 141 Å². The van der Waals surface area contributed by atoms with Gasteiger partial charge in [-0.15, -0.1) is 0 Å². The van der Waals surface area contributed by atoms with E-state index in [1.807, 2.05) is 23.1 Å². The molecule has 2 aromatic rings. The van der Waals surface area contributed by atoms with Gasteiger partial charge in [0.25, 0.3) is 0 Å². The second-order valence-corrected chi connectivity index (χ2v) is 7.31.